The van der Waals surface area contributed by atoms with Gasteiger partial charge in [-0.1, -0.05) is 18.2 Å². The van der Waals surface area contributed by atoms with Crippen LogP contribution >= 0.6 is 0 Å². The van der Waals surface area contributed by atoms with Gasteiger partial charge in [0.25, 0.3) is 0 Å². The maximum absolute atomic E-state index is 12.3. The maximum Gasteiger partial charge on any atom is 0.420 e. The van der Waals surface area contributed by atoms with Gasteiger partial charge in [0.05, 0.1) is 30.5 Å². The third-order valence-corrected chi connectivity index (χ3v) is 3.70. The minimum Gasteiger partial charge on any atom is -0.465 e. The van der Waals surface area contributed by atoms with Crippen LogP contribution in [0.1, 0.15) is 23.0 Å². The molecule has 3 aromatic rings. The molecule has 0 spiro atoms. The van der Waals surface area contributed by atoms with Gasteiger partial charge < -0.3 is 9.47 Å². The second-order valence-corrected chi connectivity index (χ2v) is 5.04. The van der Waals surface area contributed by atoms with Crippen LogP contribution in [0.3, 0.4) is 0 Å². The van der Waals surface area contributed by atoms with Crippen LogP contribution in [0.15, 0.2) is 30.3 Å². The molecule has 23 heavy (non-hydrogen) atoms. The third-order valence-electron chi connectivity index (χ3n) is 3.70. The van der Waals surface area contributed by atoms with Crippen molar-refractivity contribution in [2.24, 2.45) is 0 Å². The Balaban J connectivity index is 2.40. The van der Waals surface area contributed by atoms with Crippen molar-refractivity contribution in [3.05, 3.63) is 41.6 Å². The van der Waals surface area contributed by atoms with Gasteiger partial charge in [0.2, 0.25) is 0 Å². The van der Waals surface area contributed by atoms with E-state index in [-0.39, 0.29) is 6.61 Å². The molecule has 3 rings (SSSR count). The van der Waals surface area contributed by atoms with E-state index in [1.165, 1.54) is 11.7 Å². The molecule has 2 aromatic heterocycles. The third kappa shape index (κ3) is 2.32. The number of nitrogens with zero attached hydrogens (tertiary/aromatic N) is 2. The molecule has 2 heterocycles. The minimum atomic E-state index is -0.489. The number of hydrogen-bond donors (Lipinski definition) is 0. The zero-order valence-electron chi connectivity index (χ0n) is 13.1. The zero-order chi connectivity index (χ0) is 16.6. The molecule has 0 radical (unpaired) electrons. The van der Waals surface area contributed by atoms with E-state index in [2.05, 4.69) is 4.98 Å². The molecular weight excluding hydrogens is 296 g/mol. The quantitative estimate of drug-likeness (QED) is 0.679. The SMILES string of the molecule is CCOC(=O)n1c2ccccc2c2cc(C(=O)OC)c(C)nc21. The Morgan fingerprint density at radius 3 is 2.65 bits per heavy atom. The highest BCUT2D eigenvalue weighted by Gasteiger charge is 2.21. The summed E-state index contributed by atoms with van der Waals surface area (Å²) in [4.78, 5) is 28.7. The number of pyridine rings is 1. The summed E-state index contributed by atoms with van der Waals surface area (Å²) in [7, 11) is 1.33. The summed E-state index contributed by atoms with van der Waals surface area (Å²) >= 11 is 0. The lowest BCUT2D eigenvalue weighted by atomic mass is 10.1. The highest BCUT2D eigenvalue weighted by atomic mass is 16.5. The van der Waals surface area contributed by atoms with Gasteiger partial charge in [0, 0.05) is 10.8 Å². The van der Waals surface area contributed by atoms with E-state index in [4.69, 9.17) is 9.47 Å². The predicted molar refractivity (Wildman–Crippen MR) is 85.7 cm³/mol. The number of ether oxygens (including phenoxy) is 2. The number of fused-ring (bicyclic) bond motifs is 3. The summed E-state index contributed by atoms with van der Waals surface area (Å²) in [6, 6.07) is 9.12. The average Bonchev–Trinajstić information content (AvgIpc) is 2.87. The Kier molecular flexibility index (Phi) is 3.73. The van der Waals surface area contributed by atoms with E-state index in [9.17, 15) is 9.59 Å². The molecule has 1 aromatic carbocycles. The minimum absolute atomic E-state index is 0.270. The molecule has 0 fully saturated rings. The lowest BCUT2D eigenvalue weighted by Gasteiger charge is -2.07. The molecule has 0 aliphatic rings. The van der Waals surface area contributed by atoms with Crippen molar-refractivity contribution in [2.45, 2.75) is 13.8 Å². The van der Waals surface area contributed by atoms with Gasteiger partial charge in [0.15, 0.2) is 5.65 Å². The molecule has 118 valence electrons. The molecular formula is C17H16N2O4. The van der Waals surface area contributed by atoms with Crippen LogP contribution in [-0.2, 0) is 9.47 Å². The number of rotatable bonds is 2. The molecule has 0 aliphatic heterocycles. The van der Waals surface area contributed by atoms with Gasteiger partial charge in [-0.25, -0.2) is 19.1 Å². The second kappa shape index (κ2) is 5.72. The summed E-state index contributed by atoms with van der Waals surface area (Å²) < 4.78 is 11.4. The number of aryl methyl sites for hydroxylation is 1. The smallest absolute Gasteiger partial charge is 0.420 e. The highest BCUT2D eigenvalue weighted by Crippen LogP contribution is 2.29. The van der Waals surface area contributed by atoms with E-state index in [0.717, 1.165) is 5.39 Å². The van der Waals surface area contributed by atoms with Crippen LogP contribution < -0.4 is 0 Å². The fourth-order valence-corrected chi connectivity index (χ4v) is 2.66. The number of methoxy groups -OCH3 is 1. The lowest BCUT2D eigenvalue weighted by molar-refractivity contribution is 0.0599. The topological polar surface area (TPSA) is 70.4 Å². The van der Waals surface area contributed by atoms with Gasteiger partial charge in [-0.3, -0.25) is 0 Å². The maximum atomic E-state index is 12.3. The van der Waals surface area contributed by atoms with Crippen molar-refractivity contribution in [1.29, 1.82) is 0 Å². The Labute approximate surface area is 132 Å². The number of esters is 1. The monoisotopic (exact) mass is 312 g/mol. The first-order valence-electron chi connectivity index (χ1n) is 7.24. The van der Waals surface area contributed by atoms with E-state index in [0.29, 0.717) is 27.8 Å². The number of aromatic nitrogens is 2. The van der Waals surface area contributed by atoms with Crippen molar-refractivity contribution in [1.82, 2.24) is 9.55 Å². The van der Waals surface area contributed by atoms with E-state index < -0.39 is 12.1 Å². The van der Waals surface area contributed by atoms with Crippen molar-refractivity contribution >= 4 is 34.0 Å². The van der Waals surface area contributed by atoms with Crippen LogP contribution in [0.25, 0.3) is 21.9 Å². The van der Waals surface area contributed by atoms with Crippen LogP contribution in [-0.4, -0.2) is 35.3 Å². The summed E-state index contributed by atoms with van der Waals surface area (Å²) in [5.74, 6) is -0.454. The zero-order valence-corrected chi connectivity index (χ0v) is 13.1. The van der Waals surface area contributed by atoms with Gasteiger partial charge in [-0.15, -0.1) is 0 Å². The Morgan fingerprint density at radius 2 is 1.96 bits per heavy atom. The van der Waals surface area contributed by atoms with Gasteiger partial charge in [-0.05, 0) is 26.0 Å². The molecule has 0 unspecified atom stereocenters. The van der Waals surface area contributed by atoms with Gasteiger partial charge >= 0.3 is 12.1 Å². The molecule has 6 heteroatoms. The van der Waals surface area contributed by atoms with Crippen molar-refractivity contribution in [2.75, 3.05) is 13.7 Å². The molecule has 0 N–H and O–H groups in total. The first-order valence-corrected chi connectivity index (χ1v) is 7.24. The number of para-hydroxylation sites is 1. The number of benzene rings is 1. The Hall–Kier alpha value is -2.89. The van der Waals surface area contributed by atoms with Crippen molar-refractivity contribution in [3.8, 4) is 0 Å². The molecule has 0 bridgehead atoms. The van der Waals surface area contributed by atoms with Gasteiger partial charge in [0.1, 0.15) is 0 Å². The van der Waals surface area contributed by atoms with Gasteiger partial charge in [-0.2, -0.15) is 0 Å². The number of carbonyl (C=O) groups excluding carboxylic acids is 2. The number of carbonyl (C=O) groups is 2. The van der Waals surface area contributed by atoms with Crippen LogP contribution in [0.5, 0.6) is 0 Å². The first-order chi connectivity index (χ1) is 11.1. The fourth-order valence-electron chi connectivity index (χ4n) is 2.66. The fraction of sp³-hybridized carbons (Fsp3) is 0.235. The summed E-state index contributed by atoms with van der Waals surface area (Å²) in [6.45, 7) is 3.73. The summed E-state index contributed by atoms with van der Waals surface area (Å²) in [5, 5.41) is 1.54. The normalized spacial score (nSPS) is 10.9. The Bertz CT molecular complexity index is 927. The van der Waals surface area contributed by atoms with E-state index in [1.54, 1.807) is 19.9 Å². The lowest BCUT2D eigenvalue weighted by Crippen LogP contribution is -2.14. The standard InChI is InChI=1S/C17H16N2O4/c1-4-23-17(21)19-14-8-6-5-7-11(14)13-9-12(16(20)22-3)10(2)18-15(13)19/h5-9H,4H2,1-3H3. The van der Waals surface area contributed by atoms with Crippen molar-refractivity contribution in [3.63, 3.8) is 0 Å². The number of hydrogen-bond acceptors (Lipinski definition) is 5. The van der Waals surface area contributed by atoms with Crippen LogP contribution in [0.4, 0.5) is 4.79 Å². The Morgan fingerprint density at radius 1 is 1.22 bits per heavy atom. The molecule has 0 aliphatic carbocycles. The molecule has 0 saturated carbocycles. The largest absolute Gasteiger partial charge is 0.465 e. The molecule has 0 amide bonds. The average molecular weight is 312 g/mol. The molecule has 0 atom stereocenters. The predicted octanol–water partition coefficient (Wildman–Crippen LogP) is 3.29. The molecule has 0 saturated heterocycles. The first kappa shape index (κ1) is 15.0. The van der Waals surface area contributed by atoms with E-state index >= 15 is 0 Å². The molecule has 6 nitrogen and oxygen atoms in total. The summed E-state index contributed by atoms with van der Waals surface area (Å²) in [5.41, 5.74) is 2.04. The van der Waals surface area contributed by atoms with E-state index in [1.807, 2.05) is 24.3 Å². The van der Waals surface area contributed by atoms with Crippen LogP contribution in [0.2, 0.25) is 0 Å². The second-order valence-electron chi connectivity index (χ2n) is 5.04. The highest BCUT2D eigenvalue weighted by molar-refractivity contribution is 6.12. The van der Waals surface area contributed by atoms with Crippen molar-refractivity contribution < 1.29 is 19.1 Å². The summed E-state index contributed by atoms with van der Waals surface area (Å²) in [6.07, 6.45) is -0.489. The van der Waals surface area contributed by atoms with Crippen LogP contribution in [0, 0.1) is 6.92 Å².